The third-order valence-electron chi connectivity index (χ3n) is 2.09. The first-order chi connectivity index (χ1) is 8.25. The molecule has 18 heavy (non-hydrogen) atoms. The van der Waals surface area contributed by atoms with E-state index in [2.05, 4.69) is 5.32 Å². The summed E-state index contributed by atoms with van der Waals surface area (Å²) >= 11 is 0. The van der Waals surface area contributed by atoms with Crippen molar-refractivity contribution in [2.75, 3.05) is 5.32 Å². The van der Waals surface area contributed by atoms with Crippen molar-refractivity contribution >= 4 is 11.4 Å². The van der Waals surface area contributed by atoms with Crippen LogP contribution in [0.1, 0.15) is 12.5 Å². The molecule has 0 aliphatic heterocycles. The highest BCUT2D eigenvalue weighted by molar-refractivity contribution is 5.63. The number of rotatable bonds is 3. The Kier molecular flexibility index (Phi) is 3.76. The predicted octanol–water partition coefficient (Wildman–Crippen LogP) is 2.94. The van der Waals surface area contributed by atoms with Gasteiger partial charge in [-0.05, 0) is 19.1 Å². The van der Waals surface area contributed by atoms with Crippen molar-refractivity contribution in [2.45, 2.75) is 19.1 Å². The van der Waals surface area contributed by atoms with Crippen molar-refractivity contribution in [3.8, 4) is 6.07 Å². The second-order valence-corrected chi connectivity index (χ2v) is 3.48. The standard InChI is InChI=1S/C10H8F3N3O2/c1-6(5-14)15-8-3-2-7(10(11,12)13)4-9(8)16(17)18/h2-4,6,15H,1H3. The van der Waals surface area contributed by atoms with Crippen LogP contribution in [-0.4, -0.2) is 11.0 Å². The van der Waals surface area contributed by atoms with E-state index in [1.54, 1.807) is 6.07 Å². The first-order valence-electron chi connectivity index (χ1n) is 4.77. The van der Waals surface area contributed by atoms with Gasteiger partial charge in [-0.1, -0.05) is 0 Å². The molecule has 0 spiro atoms. The van der Waals surface area contributed by atoms with Gasteiger partial charge >= 0.3 is 6.18 Å². The van der Waals surface area contributed by atoms with Crippen LogP contribution in [0.2, 0.25) is 0 Å². The van der Waals surface area contributed by atoms with Crippen LogP contribution in [0, 0.1) is 21.4 Å². The van der Waals surface area contributed by atoms with Crippen LogP contribution in [0.4, 0.5) is 24.5 Å². The van der Waals surface area contributed by atoms with E-state index in [1.807, 2.05) is 0 Å². The van der Waals surface area contributed by atoms with Crippen LogP contribution in [0.15, 0.2) is 18.2 Å². The van der Waals surface area contributed by atoms with Crippen LogP contribution >= 0.6 is 0 Å². The molecule has 8 heteroatoms. The summed E-state index contributed by atoms with van der Waals surface area (Å²) in [7, 11) is 0. The summed E-state index contributed by atoms with van der Waals surface area (Å²) in [5.41, 5.74) is -1.95. The lowest BCUT2D eigenvalue weighted by atomic mass is 10.1. The number of nitrogens with one attached hydrogen (secondary N) is 1. The maximum Gasteiger partial charge on any atom is 0.416 e. The molecule has 1 rings (SSSR count). The number of nitriles is 1. The fourth-order valence-corrected chi connectivity index (χ4v) is 1.25. The lowest BCUT2D eigenvalue weighted by molar-refractivity contribution is -0.384. The Balaban J connectivity index is 3.22. The molecule has 0 heterocycles. The SMILES string of the molecule is CC(C#N)Nc1ccc(C(F)(F)F)cc1[N+](=O)[O-]. The van der Waals surface area contributed by atoms with E-state index in [0.29, 0.717) is 6.07 Å². The number of nitrogens with zero attached hydrogens (tertiary/aromatic N) is 2. The molecule has 1 atom stereocenters. The van der Waals surface area contributed by atoms with Crippen molar-refractivity contribution in [1.29, 1.82) is 5.26 Å². The maximum atomic E-state index is 12.4. The zero-order chi connectivity index (χ0) is 13.9. The average Bonchev–Trinajstić information content (AvgIpc) is 2.27. The minimum absolute atomic E-state index is 0.123. The molecule has 0 saturated carbocycles. The summed E-state index contributed by atoms with van der Waals surface area (Å²) in [5, 5.41) is 21.7. The number of nitro groups is 1. The monoisotopic (exact) mass is 259 g/mol. The fraction of sp³-hybridized carbons (Fsp3) is 0.300. The van der Waals surface area contributed by atoms with E-state index in [4.69, 9.17) is 5.26 Å². The van der Waals surface area contributed by atoms with Crippen LogP contribution in [0.25, 0.3) is 0 Å². The molecule has 96 valence electrons. The van der Waals surface area contributed by atoms with Gasteiger partial charge in [-0.2, -0.15) is 18.4 Å². The van der Waals surface area contributed by atoms with E-state index < -0.39 is 28.4 Å². The van der Waals surface area contributed by atoms with Gasteiger partial charge in [0, 0.05) is 6.07 Å². The van der Waals surface area contributed by atoms with Crippen molar-refractivity contribution in [3.63, 3.8) is 0 Å². The summed E-state index contributed by atoms with van der Waals surface area (Å²) in [6.45, 7) is 1.43. The number of halogens is 3. The number of hydrogen-bond donors (Lipinski definition) is 1. The molecule has 0 fully saturated rings. The number of hydrogen-bond acceptors (Lipinski definition) is 4. The van der Waals surface area contributed by atoms with Gasteiger partial charge in [-0.3, -0.25) is 10.1 Å². The zero-order valence-corrected chi connectivity index (χ0v) is 9.15. The first-order valence-corrected chi connectivity index (χ1v) is 4.77. The van der Waals surface area contributed by atoms with Crippen LogP contribution in [-0.2, 0) is 6.18 Å². The Morgan fingerprint density at radius 1 is 1.50 bits per heavy atom. The highest BCUT2D eigenvalue weighted by Gasteiger charge is 2.33. The van der Waals surface area contributed by atoms with Gasteiger partial charge < -0.3 is 5.32 Å². The molecule has 1 aromatic rings. The maximum absolute atomic E-state index is 12.4. The van der Waals surface area contributed by atoms with Gasteiger partial charge in [0.05, 0.1) is 16.6 Å². The molecule has 0 aliphatic rings. The summed E-state index contributed by atoms with van der Waals surface area (Å²) in [5.74, 6) is 0. The summed E-state index contributed by atoms with van der Waals surface area (Å²) < 4.78 is 37.2. The Labute approximate surface area is 100.0 Å². The van der Waals surface area contributed by atoms with E-state index in [9.17, 15) is 23.3 Å². The normalized spacial score (nSPS) is 12.6. The summed E-state index contributed by atoms with van der Waals surface area (Å²) in [6.07, 6.45) is -4.65. The molecular weight excluding hydrogens is 251 g/mol. The molecule has 0 bridgehead atoms. The molecule has 1 unspecified atom stereocenters. The fourth-order valence-electron chi connectivity index (χ4n) is 1.25. The van der Waals surface area contributed by atoms with Gasteiger partial charge in [0.2, 0.25) is 0 Å². The van der Waals surface area contributed by atoms with E-state index in [1.165, 1.54) is 6.92 Å². The van der Waals surface area contributed by atoms with Gasteiger partial charge in [-0.15, -0.1) is 0 Å². The third kappa shape index (κ3) is 3.10. The molecule has 0 radical (unpaired) electrons. The Morgan fingerprint density at radius 2 is 2.11 bits per heavy atom. The van der Waals surface area contributed by atoms with Crippen LogP contribution in [0.5, 0.6) is 0 Å². The second kappa shape index (κ2) is 4.91. The van der Waals surface area contributed by atoms with Crippen LogP contribution in [0.3, 0.4) is 0 Å². The smallest absolute Gasteiger partial charge is 0.364 e. The largest absolute Gasteiger partial charge is 0.416 e. The lowest BCUT2D eigenvalue weighted by Crippen LogP contribution is -2.14. The molecule has 0 amide bonds. The quantitative estimate of drug-likeness (QED) is 0.668. The van der Waals surface area contributed by atoms with Crippen LogP contribution < -0.4 is 5.32 Å². The van der Waals surface area contributed by atoms with Crippen molar-refractivity contribution in [2.24, 2.45) is 0 Å². The Bertz CT molecular complexity index is 508. The number of anilines is 1. The summed E-state index contributed by atoms with van der Waals surface area (Å²) in [6, 6.07) is 3.12. The second-order valence-electron chi connectivity index (χ2n) is 3.48. The molecule has 1 aromatic carbocycles. The molecule has 1 N–H and O–H groups in total. The Morgan fingerprint density at radius 3 is 2.56 bits per heavy atom. The van der Waals surface area contributed by atoms with Gasteiger partial charge in [0.15, 0.2) is 0 Å². The molecule has 5 nitrogen and oxygen atoms in total. The molecular formula is C10H8F3N3O2. The highest BCUT2D eigenvalue weighted by atomic mass is 19.4. The average molecular weight is 259 g/mol. The molecule has 0 aliphatic carbocycles. The number of nitro benzene ring substituents is 1. The third-order valence-corrected chi connectivity index (χ3v) is 2.09. The minimum Gasteiger partial charge on any atom is -0.364 e. The topological polar surface area (TPSA) is 79.0 Å². The van der Waals surface area contributed by atoms with E-state index in [0.717, 1.165) is 12.1 Å². The van der Waals surface area contributed by atoms with E-state index >= 15 is 0 Å². The first kappa shape index (κ1) is 13.8. The van der Waals surface area contributed by atoms with Gasteiger partial charge in [0.1, 0.15) is 11.7 Å². The van der Waals surface area contributed by atoms with Gasteiger partial charge in [-0.25, -0.2) is 0 Å². The molecule has 0 aromatic heterocycles. The number of benzene rings is 1. The Hall–Kier alpha value is -2.30. The summed E-state index contributed by atoms with van der Waals surface area (Å²) in [4.78, 5) is 9.76. The van der Waals surface area contributed by atoms with Crippen molar-refractivity contribution in [3.05, 3.63) is 33.9 Å². The van der Waals surface area contributed by atoms with E-state index in [-0.39, 0.29) is 5.69 Å². The van der Waals surface area contributed by atoms with Gasteiger partial charge in [0.25, 0.3) is 5.69 Å². The van der Waals surface area contributed by atoms with Crippen molar-refractivity contribution in [1.82, 2.24) is 0 Å². The predicted molar refractivity (Wildman–Crippen MR) is 56.8 cm³/mol. The van der Waals surface area contributed by atoms with Crippen molar-refractivity contribution < 1.29 is 18.1 Å². The highest BCUT2D eigenvalue weighted by Crippen LogP contribution is 2.35. The molecule has 0 saturated heterocycles. The zero-order valence-electron chi connectivity index (χ0n) is 9.15. The number of alkyl halides is 3. The minimum atomic E-state index is -4.65. The lowest BCUT2D eigenvalue weighted by Gasteiger charge is -2.11.